The Hall–Kier alpha value is -3.33. The smallest absolute Gasteiger partial charge is 0.234 e. The van der Waals surface area contributed by atoms with Crippen LogP contribution in [0.3, 0.4) is 0 Å². The van der Waals surface area contributed by atoms with Crippen LogP contribution in [-0.2, 0) is 11.3 Å². The number of anilines is 2. The van der Waals surface area contributed by atoms with Crippen LogP contribution in [0, 0.1) is 5.82 Å². The van der Waals surface area contributed by atoms with E-state index in [4.69, 9.17) is 9.47 Å². The highest BCUT2D eigenvalue weighted by Crippen LogP contribution is 2.29. The second-order valence-electron chi connectivity index (χ2n) is 6.14. The quantitative estimate of drug-likeness (QED) is 0.499. The molecule has 2 N–H and O–H groups in total. The first-order valence-corrected chi connectivity index (χ1v) is 10.0. The molecule has 0 unspecified atom stereocenters. The molecule has 0 aliphatic carbocycles. The molecule has 0 spiro atoms. The van der Waals surface area contributed by atoms with E-state index in [1.54, 1.807) is 49.6 Å². The normalized spacial score (nSPS) is 10.4. The van der Waals surface area contributed by atoms with Crippen molar-refractivity contribution in [3.05, 3.63) is 66.0 Å². The van der Waals surface area contributed by atoms with E-state index < -0.39 is 0 Å². The number of amides is 1. The molecule has 0 atom stereocenters. The lowest BCUT2D eigenvalue weighted by atomic mass is 10.2. The SMILES string of the molecule is COc1ccc(OC)c(NC(=O)CSc2ccc(NCc3ccc(F)cc3)nn2)c1. The molecule has 1 amide bonds. The van der Waals surface area contributed by atoms with E-state index in [9.17, 15) is 9.18 Å². The van der Waals surface area contributed by atoms with Crippen LogP contribution in [0.2, 0.25) is 0 Å². The highest BCUT2D eigenvalue weighted by atomic mass is 32.2. The first-order chi connectivity index (χ1) is 14.6. The van der Waals surface area contributed by atoms with Gasteiger partial charge in [0.1, 0.15) is 28.2 Å². The largest absolute Gasteiger partial charge is 0.497 e. The molecule has 3 rings (SSSR count). The lowest BCUT2D eigenvalue weighted by Gasteiger charge is -2.11. The maximum Gasteiger partial charge on any atom is 0.234 e. The van der Waals surface area contributed by atoms with Gasteiger partial charge in [-0.3, -0.25) is 4.79 Å². The maximum atomic E-state index is 12.9. The zero-order valence-corrected chi connectivity index (χ0v) is 17.3. The van der Waals surface area contributed by atoms with Crippen molar-refractivity contribution in [1.29, 1.82) is 0 Å². The molecule has 0 saturated heterocycles. The molecule has 9 heteroatoms. The Balaban J connectivity index is 1.50. The van der Waals surface area contributed by atoms with Crippen LogP contribution >= 0.6 is 11.8 Å². The summed E-state index contributed by atoms with van der Waals surface area (Å²) in [6.07, 6.45) is 0. The van der Waals surface area contributed by atoms with Crippen molar-refractivity contribution in [2.45, 2.75) is 11.6 Å². The van der Waals surface area contributed by atoms with Crippen molar-refractivity contribution in [3.63, 3.8) is 0 Å². The molecular weight excluding hydrogens is 407 g/mol. The molecule has 1 heterocycles. The van der Waals surface area contributed by atoms with Crippen molar-refractivity contribution in [3.8, 4) is 11.5 Å². The maximum absolute atomic E-state index is 12.9. The third kappa shape index (κ3) is 6.08. The standard InChI is InChI=1S/C21H21FN4O3S/c1-28-16-7-8-18(29-2)17(11-16)24-20(27)13-30-21-10-9-19(25-26-21)23-12-14-3-5-15(22)6-4-14/h3-11H,12-13H2,1-2H3,(H,23,25)(H,24,27). The summed E-state index contributed by atoms with van der Waals surface area (Å²) >= 11 is 1.27. The predicted octanol–water partition coefficient (Wildman–Crippen LogP) is 3.98. The number of benzene rings is 2. The fourth-order valence-electron chi connectivity index (χ4n) is 2.52. The number of methoxy groups -OCH3 is 2. The molecule has 156 valence electrons. The summed E-state index contributed by atoms with van der Waals surface area (Å²) < 4.78 is 23.4. The Labute approximate surface area is 178 Å². The van der Waals surface area contributed by atoms with Crippen LogP contribution in [0.4, 0.5) is 15.9 Å². The van der Waals surface area contributed by atoms with Crippen molar-refractivity contribution in [2.75, 3.05) is 30.6 Å². The fraction of sp³-hybridized carbons (Fsp3) is 0.190. The van der Waals surface area contributed by atoms with Gasteiger partial charge in [0.15, 0.2) is 0 Å². The third-order valence-corrected chi connectivity index (χ3v) is 4.98. The minimum atomic E-state index is -0.270. The molecule has 0 radical (unpaired) electrons. The van der Waals surface area contributed by atoms with Crippen LogP contribution in [-0.4, -0.2) is 36.1 Å². The van der Waals surface area contributed by atoms with Gasteiger partial charge in [-0.25, -0.2) is 4.39 Å². The highest BCUT2D eigenvalue weighted by molar-refractivity contribution is 7.99. The molecule has 30 heavy (non-hydrogen) atoms. The first kappa shape index (κ1) is 21.4. The minimum Gasteiger partial charge on any atom is -0.497 e. The van der Waals surface area contributed by atoms with E-state index in [2.05, 4.69) is 20.8 Å². The summed E-state index contributed by atoms with van der Waals surface area (Å²) in [4.78, 5) is 12.3. The Morgan fingerprint density at radius 2 is 1.83 bits per heavy atom. The number of nitrogens with zero attached hydrogens (tertiary/aromatic N) is 2. The van der Waals surface area contributed by atoms with Crippen LogP contribution in [0.15, 0.2) is 59.6 Å². The molecule has 2 aromatic carbocycles. The van der Waals surface area contributed by atoms with E-state index in [0.29, 0.717) is 34.6 Å². The van der Waals surface area contributed by atoms with E-state index in [0.717, 1.165) is 5.56 Å². The van der Waals surface area contributed by atoms with Crippen molar-refractivity contribution in [2.24, 2.45) is 0 Å². The predicted molar refractivity (Wildman–Crippen MR) is 115 cm³/mol. The van der Waals surface area contributed by atoms with Crippen LogP contribution in [0.25, 0.3) is 0 Å². The molecule has 0 bridgehead atoms. The summed E-state index contributed by atoms with van der Waals surface area (Å²) in [6.45, 7) is 0.506. The highest BCUT2D eigenvalue weighted by Gasteiger charge is 2.10. The number of aromatic nitrogens is 2. The Morgan fingerprint density at radius 3 is 2.50 bits per heavy atom. The summed E-state index contributed by atoms with van der Waals surface area (Å²) in [5.41, 5.74) is 1.47. The number of thioether (sulfide) groups is 1. The first-order valence-electron chi connectivity index (χ1n) is 9.04. The van der Waals surface area contributed by atoms with Gasteiger partial charge < -0.3 is 20.1 Å². The summed E-state index contributed by atoms with van der Waals surface area (Å²) in [5.74, 6) is 1.45. The summed E-state index contributed by atoms with van der Waals surface area (Å²) in [7, 11) is 3.09. The van der Waals surface area contributed by atoms with Crippen LogP contribution in [0.5, 0.6) is 11.5 Å². The molecule has 0 saturated carbocycles. The Kier molecular flexibility index (Phi) is 7.45. The number of hydrogen-bond acceptors (Lipinski definition) is 7. The number of ether oxygens (including phenoxy) is 2. The van der Waals surface area contributed by atoms with Crippen LogP contribution in [0.1, 0.15) is 5.56 Å². The van der Waals surface area contributed by atoms with Crippen LogP contribution < -0.4 is 20.1 Å². The number of carbonyl (C=O) groups is 1. The molecule has 0 aliphatic heterocycles. The van der Waals surface area contributed by atoms with E-state index in [1.807, 2.05) is 0 Å². The number of carbonyl (C=O) groups excluding carboxylic acids is 1. The number of hydrogen-bond donors (Lipinski definition) is 2. The summed E-state index contributed by atoms with van der Waals surface area (Å²) in [6, 6.07) is 15.0. The number of rotatable bonds is 9. The van der Waals surface area contributed by atoms with Gasteiger partial charge in [0, 0.05) is 12.6 Å². The lowest BCUT2D eigenvalue weighted by molar-refractivity contribution is -0.113. The molecule has 0 aliphatic rings. The van der Waals surface area contributed by atoms with E-state index >= 15 is 0 Å². The third-order valence-electron chi connectivity index (χ3n) is 4.06. The van der Waals surface area contributed by atoms with Crippen molar-refractivity contribution in [1.82, 2.24) is 10.2 Å². The number of nitrogens with one attached hydrogen (secondary N) is 2. The van der Waals surface area contributed by atoms with Gasteiger partial charge in [0.2, 0.25) is 5.91 Å². The fourth-order valence-corrected chi connectivity index (χ4v) is 3.14. The molecule has 1 aromatic heterocycles. The molecule has 0 fully saturated rings. The second kappa shape index (κ2) is 10.4. The van der Waals surface area contributed by atoms with Gasteiger partial charge in [-0.05, 0) is 42.0 Å². The zero-order valence-electron chi connectivity index (χ0n) is 16.5. The second-order valence-corrected chi connectivity index (χ2v) is 7.14. The minimum absolute atomic E-state index is 0.164. The molecule has 3 aromatic rings. The van der Waals surface area contributed by atoms with Gasteiger partial charge in [-0.1, -0.05) is 23.9 Å². The summed E-state index contributed by atoms with van der Waals surface area (Å²) in [5, 5.41) is 14.8. The zero-order chi connectivity index (χ0) is 21.3. The van der Waals surface area contributed by atoms with E-state index in [-0.39, 0.29) is 17.5 Å². The average molecular weight is 428 g/mol. The van der Waals surface area contributed by atoms with E-state index in [1.165, 1.54) is 31.0 Å². The van der Waals surface area contributed by atoms with Gasteiger partial charge in [0.25, 0.3) is 0 Å². The van der Waals surface area contributed by atoms with Gasteiger partial charge in [-0.2, -0.15) is 0 Å². The van der Waals surface area contributed by atoms with Crippen molar-refractivity contribution >= 4 is 29.2 Å². The molecular formula is C21H21FN4O3S. The molecule has 7 nitrogen and oxygen atoms in total. The van der Waals surface area contributed by atoms with Gasteiger partial charge in [-0.15, -0.1) is 10.2 Å². The average Bonchev–Trinajstić information content (AvgIpc) is 2.78. The number of halogens is 1. The Morgan fingerprint density at radius 1 is 1.03 bits per heavy atom. The van der Waals surface area contributed by atoms with Gasteiger partial charge >= 0.3 is 0 Å². The lowest BCUT2D eigenvalue weighted by Crippen LogP contribution is -2.15. The van der Waals surface area contributed by atoms with Crippen molar-refractivity contribution < 1.29 is 18.7 Å². The Bertz CT molecular complexity index is 985. The monoisotopic (exact) mass is 428 g/mol. The van der Waals surface area contributed by atoms with Gasteiger partial charge in [0.05, 0.1) is 25.7 Å². The topological polar surface area (TPSA) is 85.4 Å².